The standard InChI is InChI=1S/C20H29N3O4/c1-20(2,3)27-19(26)22-12-11-21-17(24)16-10-7-13-23(14-16)18(25)15-8-5-4-6-9-15/h4-6,8-9,16H,7,10-14H2,1-3H3,(H,21,24)(H,22,26)/t16-/m0/s1. The SMILES string of the molecule is CC(C)(C)OC(=O)NCCNC(=O)[C@H]1CCCN(C(=O)c2ccccc2)C1. The number of carbonyl (C=O) groups excluding carboxylic acids is 3. The average Bonchev–Trinajstić information content (AvgIpc) is 2.64. The molecule has 1 aliphatic heterocycles. The highest BCUT2D eigenvalue weighted by atomic mass is 16.6. The summed E-state index contributed by atoms with van der Waals surface area (Å²) in [4.78, 5) is 38.2. The van der Waals surface area contributed by atoms with Crippen molar-refractivity contribution < 1.29 is 19.1 Å². The second kappa shape index (κ2) is 9.39. The lowest BCUT2D eigenvalue weighted by Crippen LogP contribution is -2.46. The fraction of sp³-hybridized carbons (Fsp3) is 0.550. The highest BCUT2D eigenvalue weighted by molar-refractivity contribution is 5.94. The molecule has 0 spiro atoms. The quantitative estimate of drug-likeness (QED) is 0.772. The van der Waals surface area contributed by atoms with Gasteiger partial charge in [-0.25, -0.2) is 4.79 Å². The molecule has 1 saturated heterocycles. The number of nitrogens with zero attached hydrogens (tertiary/aromatic N) is 1. The molecule has 1 aromatic rings. The van der Waals surface area contributed by atoms with Gasteiger partial charge in [0, 0.05) is 31.7 Å². The zero-order valence-electron chi connectivity index (χ0n) is 16.3. The van der Waals surface area contributed by atoms with E-state index in [2.05, 4.69) is 10.6 Å². The van der Waals surface area contributed by atoms with Gasteiger partial charge < -0.3 is 20.3 Å². The lowest BCUT2D eigenvalue weighted by molar-refractivity contribution is -0.126. The van der Waals surface area contributed by atoms with Crippen LogP contribution in [0.5, 0.6) is 0 Å². The number of alkyl carbamates (subject to hydrolysis) is 1. The molecule has 0 unspecified atom stereocenters. The van der Waals surface area contributed by atoms with Gasteiger partial charge in [-0.05, 0) is 45.7 Å². The van der Waals surface area contributed by atoms with Crippen molar-refractivity contribution in [3.05, 3.63) is 35.9 Å². The van der Waals surface area contributed by atoms with Crippen molar-refractivity contribution in [2.45, 2.75) is 39.2 Å². The Kier molecular flexibility index (Phi) is 7.21. The van der Waals surface area contributed by atoms with Crippen LogP contribution in [0.1, 0.15) is 44.0 Å². The van der Waals surface area contributed by atoms with Gasteiger partial charge in [0.05, 0.1) is 5.92 Å². The predicted octanol–water partition coefficient (Wildman–Crippen LogP) is 2.18. The highest BCUT2D eigenvalue weighted by Gasteiger charge is 2.28. The Morgan fingerprint density at radius 1 is 1.11 bits per heavy atom. The molecule has 7 nitrogen and oxygen atoms in total. The van der Waals surface area contributed by atoms with Crippen molar-refractivity contribution in [3.8, 4) is 0 Å². The zero-order chi connectivity index (χ0) is 19.9. The summed E-state index contributed by atoms with van der Waals surface area (Å²) < 4.78 is 5.14. The number of carbonyl (C=O) groups is 3. The number of amides is 3. The van der Waals surface area contributed by atoms with E-state index < -0.39 is 11.7 Å². The number of piperidine rings is 1. The molecule has 1 fully saturated rings. The van der Waals surface area contributed by atoms with Crippen LogP contribution in [0, 0.1) is 5.92 Å². The molecular formula is C20H29N3O4. The Labute approximate surface area is 160 Å². The van der Waals surface area contributed by atoms with Crippen molar-refractivity contribution in [1.29, 1.82) is 0 Å². The van der Waals surface area contributed by atoms with Crippen molar-refractivity contribution in [3.63, 3.8) is 0 Å². The van der Waals surface area contributed by atoms with Crippen LogP contribution in [0.25, 0.3) is 0 Å². The molecule has 1 aromatic carbocycles. The maximum atomic E-state index is 12.6. The second-order valence-corrected chi connectivity index (χ2v) is 7.68. The van der Waals surface area contributed by atoms with Crippen molar-refractivity contribution in [2.24, 2.45) is 5.92 Å². The van der Waals surface area contributed by atoms with Gasteiger partial charge in [0.1, 0.15) is 5.60 Å². The van der Waals surface area contributed by atoms with E-state index in [9.17, 15) is 14.4 Å². The number of rotatable bonds is 5. The minimum Gasteiger partial charge on any atom is -0.444 e. The zero-order valence-corrected chi connectivity index (χ0v) is 16.3. The van der Waals surface area contributed by atoms with Crippen molar-refractivity contribution >= 4 is 17.9 Å². The van der Waals surface area contributed by atoms with Gasteiger partial charge in [-0.15, -0.1) is 0 Å². The molecule has 1 atom stereocenters. The third-order valence-corrected chi connectivity index (χ3v) is 4.19. The molecular weight excluding hydrogens is 346 g/mol. The number of ether oxygens (including phenoxy) is 1. The first kappa shape index (κ1) is 20.7. The van der Waals surface area contributed by atoms with Crippen molar-refractivity contribution in [1.82, 2.24) is 15.5 Å². The molecule has 0 aliphatic carbocycles. The summed E-state index contributed by atoms with van der Waals surface area (Å²) in [5.41, 5.74) is 0.0876. The molecule has 148 valence electrons. The Balaban J connectivity index is 1.75. The van der Waals surface area contributed by atoms with E-state index in [0.717, 1.165) is 12.8 Å². The summed E-state index contributed by atoms with van der Waals surface area (Å²) in [5.74, 6) is -0.362. The average molecular weight is 375 g/mol. The van der Waals surface area contributed by atoms with E-state index in [1.165, 1.54) is 0 Å². The maximum Gasteiger partial charge on any atom is 0.407 e. The molecule has 0 saturated carbocycles. The third-order valence-electron chi connectivity index (χ3n) is 4.19. The smallest absolute Gasteiger partial charge is 0.407 e. The van der Waals surface area contributed by atoms with Crippen LogP contribution in [0.4, 0.5) is 4.79 Å². The van der Waals surface area contributed by atoms with Crippen LogP contribution < -0.4 is 10.6 Å². The summed E-state index contributed by atoms with van der Waals surface area (Å²) in [7, 11) is 0. The van der Waals surface area contributed by atoms with Gasteiger partial charge in [-0.2, -0.15) is 0 Å². The first-order valence-electron chi connectivity index (χ1n) is 9.35. The molecule has 0 radical (unpaired) electrons. The van der Waals surface area contributed by atoms with Crippen molar-refractivity contribution in [2.75, 3.05) is 26.2 Å². The Morgan fingerprint density at radius 3 is 2.44 bits per heavy atom. The normalized spacial score (nSPS) is 17.1. The summed E-state index contributed by atoms with van der Waals surface area (Å²) in [6, 6.07) is 9.11. The Bertz CT molecular complexity index is 655. The van der Waals surface area contributed by atoms with E-state index >= 15 is 0 Å². The fourth-order valence-corrected chi connectivity index (χ4v) is 2.95. The third kappa shape index (κ3) is 6.92. The first-order valence-corrected chi connectivity index (χ1v) is 9.35. The fourth-order valence-electron chi connectivity index (χ4n) is 2.95. The van der Waals surface area contributed by atoms with Crippen LogP contribution >= 0.6 is 0 Å². The molecule has 2 rings (SSSR count). The summed E-state index contributed by atoms with van der Waals surface area (Å²) in [6.45, 7) is 7.07. The van der Waals surface area contributed by atoms with Crippen LogP contribution in [0.3, 0.4) is 0 Å². The van der Waals surface area contributed by atoms with Gasteiger partial charge in [0.15, 0.2) is 0 Å². The molecule has 27 heavy (non-hydrogen) atoms. The van der Waals surface area contributed by atoms with Crippen LogP contribution in [0.2, 0.25) is 0 Å². The number of hydrogen-bond acceptors (Lipinski definition) is 4. The molecule has 1 heterocycles. The number of nitrogens with one attached hydrogen (secondary N) is 2. The van der Waals surface area contributed by atoms with Crippen LogP contribution in [-0.4, -0.2) is 54.6 Å². The largest absolute Gasteiger partial charge is 0.444 e. The molecule has 1 aliphatic rings. The predicted molar refractivity (Wildman–Crippen MR) is 102 cm³/mol. The number of benzene rings is 1. The van der Waals surface area contributed by atoms with Gasteiger partial charge >= 0.3 is 6.09 Å². The number of likely N-dealkylation sites (tertiary alicyclic amines) is 1. The summed E-state index contributed by atoms with van der Waals surface area (Å²) in [6.07, 6.45) is 1.05. The number of hydrogen-bond donors (Lipinski definition) is 2. The lowest BCUT2D eigenvalue weighted by atomic mass is 9.96. The van der Waals surface area contributed by atoms with Gasteiger partial charge in [0.2, 0.25) is 5.91 Å². The minimum absolute atomic E-state index is 0.0420. The topological polar surface area (TPSA) is 87.7 Å². The first-order chi connectivity index (χ1) is 12.8. The minimum atomic E-state index is -0.551. The Morgan fingerprint density at radius 2 is 1.78 bits per heavy atom. The lowest BCUT2D eigenvalue weighted by Gasteiger charge is -2.32. The molecule has 3 amide bonds. The molecule has 0 bridgehead atoms. The van der Waals surface area contributed by atoms with E-state index in [-0.39, 0.29) is 17.7 Å². The molecule has 0 aromatic heterocycles. The maximum absolute atomic E-state index is 12.6. The van der Waals surface area contributed by atoms with E-state index in [4.69, 9.17) is 4.74 Å². The van der Waals surface area contributed by atoms with Gasteiger partial charge in [-0.1, -0.05) is 18.2 Å². The molecule has 7 heteroatoms. The Hall–Kier alpha value is -2.57. The van der Waals surface area contributed by atoms with Crippen LogP contribution in [0.15, 0.2) is 30.3 Å². The van der Waals surface area contributed by atoms with E-state index in [1.54, 1.807) is 37.8 Å². The van der Waals surface area contributed by atoms with Gasteiger partial charge in [0.25, 0.3) is 5.91 Å². The summed E-state index contributed by atoms with van der Waals surface area (Å²) >= 11 is 0. The van der Waals surface area contributed by atoms with Crippen LogP contribution in [-0.2, 0) is 9.53 Å². The molecule has 2 N–H and O–H groups in total. The monoisotopic (exact) mass is 375 g/mol. The highest BCUT2D eigenvalue weighted by Crippen LogP contribution is 2.18. The van der Waals surface area contributed by atoms with E-state index in [0.29, 0.717) is 31.7 Å². The summed E-state index contributed by atoms with van der Waals surface area (Å²) in [5, 5.41) is 5.43. The van der Waals surface area contributed by atoms with E-state index in [1.807, 2.05) is 18.2 Å². The second-order valence-electron chi connectivity index (χ2n) is 7.68. The van der Waals surface area contributed by atoms with Gasteiger partial charge in [-0.3, -0.25) is 9.59 Å².